The molecule has 0 fully saturated rings. The minimum Gasteiger partial charge on any atom is -0.497 e. The number of amides is 2. The van der Waals surface area contributed by atoms with Gasteiger partial charge in [0.25, 0.3) is 11.8 Å². The molecule has 2 amide bonds. The summed E-state index contributed by atoms with van der Waals surface area (Å²) in [7, 11) is 1.59. The number of ether oxygens (including phenoxy) is 1. The molecule has 0 atom stereocenters. The maximum atomic E-state index is 13.1. The Hall–Kier alpha value is -4.75. The zero-order valence-electron chi connectivity index (χ0n) is 20.0. The number of rotatable bonds is 9. The number of anilines is 1. The van der Waals surface area contributed by atoms with Crippen molar-refractivity contribution in [3.8, 4) is 5.75 Å². The van der Waals surface area contributed by atoms with E-state index >= 15 is 0 Å². The molecule has 7 heteroatoms. The molecule has 4 aromatic rings. The van der Waals surface area contributed by atoms with Gasteiger partial charge in [0.1, 0.15) is 11.4 Å². The molecule has 184 valence electrons. The van der Waals surface area contributed by atoms with E-state index in [0.717, 1.165) is 11.1 Å². The van der Waals surface area contributed by atoms with E-state index in [0.29, 0.717) is 22.6 Å². The SMILES string of the molecule is COc1cccc(/C=C/C(=O)c2ccc(NC(=O)/C(=C/c3ccsc3)NC(=O)c3ccccc3)cc2)c1. The van der Waals surface area contributed by atoms with Gasteiger partial charge in [-0.2, -0.15) is 11.3 Å². The summed E-state index contributed by atoms with van der Waals surface area (Å²) in [6, 6.07) is 24.5. The highest BCUT2D eigenvalue weighted by atomic mass is 32.1. The lowest BCUT2D eigenvalue weighted by Gasteiger charge is -2.11. The minimum atomic E-state index is -0.479. The van der Waals surface area contributed by atoms with Crippen molar-refractivity contribution in [1.82, 2.24) is 5.32 Å². The fraction of sp³-hybridized carbons (Fsp3) is 0.0333. The van der Waals surface area contributed by atoms with Crippen LogP contribution >= 0.6 is 11.3 Å². The van der Waals surface area contributed by atoms with Gasteiger partial charge in [-0.15, -0.1) is 0 Å². The molecule has 0 saturated heterocycles. The summed E-state index contributed by atoms with van der Waals surface area (Å²) in [4.78, 5) is 38.3. The highest BCUT2D eigenvalue weighted by Crippen LogP contribution is 2.17. The molecule has 0 aliphatic rings. The Morgan fingerprint density at radius 2 is 1.62 bits per heavy atom. The average molecular weight is 509 g/mol. The van der Waals surface area contributed by atoms with Crippen LogP contribution in [0.25, 0.3) is 12.2 Å². The number of thiophene rings is 1. The Morgan fingerprint density at radius 1 is 0.838 bits per heavy atom. The number of nitrogens with one attached hydrogen (secondary N) is 2. The molecule has 1 heterocycles. The molecule has 0 radical (unpaired) electrons. The van der Waals surface area contributed by atoms with Gasteiger partial charge >= 0.3 is 0 Å². The van der Waals surface area contributed by atoms with Crippen LogP contribution < -0.4 is 15.4 Å². The fourth-order valence-corrected chi connectivity index (χ4v) is 4.01. The Morgan fingerprint density at radius 3 is 2.32 bits per heavy atom. The number of methoxy groups -OCH3 is 1. The number of carbonyl (C=O) groups excluding carboxylic acids is 3. The van der Waals surface area contributed by atoms with Crippen molar-refractivity contribution >= 4 is 46.8 Å². The van der Waals surface area contributed by atoms with Gasteiger partial charge in [0, 0.05) is 16.8 Å². The van der Waals surface area contributed by atoms with Crippen LogP contribution in [0.2, 0.25) is 0 Å². The fourth-order valence-electron chi connectivity index (χ4n) is 3.40. The lowest BCUT2D eigenvalue weighted by Crippen LogP contribution is -2.30. The van der Waals surface area contributed by atoms with E-state index in [2.05, 4.69) is 10.6 Å². The van der Waals surface area contributed by atoms with Crippen molar-refractivity contribution in [2.24, 2.45) is 0 Å². The van der Waals surface area contributed by atoms with Gasteiger partial charge < -0.3 is 15.4 Å². The van der Waals surface area contributed by atoms with Crippen LogP contribution in [-0.4, -0.2) is 24.7 Å². The van der Waals surface area contributed by atoms with Crippen molar-refractivity contribution in [2.75, 3.05) is 12.4 Å². The van der Waals surface area contributed by atoms with Gasteiger partial charge in [-0.05, 0) is 88.6 Å². The van der Waals surface area contributed by atoms with Crippen LogP contribution in [0.4, 0.5) is 5.69 Å². The molecular formula is C30H24N2O4S. The Bertz CT molecular complexity index is 1440. The van der Waals surface area contributed by atoms with Crippen molar-refractivity contribution in [3.63, 3.8) is 0 Å². The molecule has 6 nitrogen and oxygen atoms in total. The third-order valence-electron chi connectivity index (χ3n) is 5.33. The lowest BCUT2D eigenvalue weighted by atomic mass is 10.1. The number of hydrogen-bond donors (Lipinski definition) is 2. The molecule has 4 rings (SSSR count). The van der Waals surface area contributed by atoms with Crippen molar-refractivity contribution in [3.05, 3.63) is 130 Å². The molecule has 0 aliphatic carbocycles. The van der Waals surface area contributed by atoms with Crippen molar-refractivity contribution < 1.29 is 19.1 Å². The van der Waals surface area contributed by atoms with Crippen LogP contribution in [0, 0.1) is 0 Å². The highest BCUT2D eigenvalue weighted by Gasteiger charge is 2.15. The molecule has 0 unspecified atom stereocenters. The first-order valence-electron chi connectivity index (χ1n) is 11.4. The summed E-state index contributed by atoms with van der Waals surface area (Å²) >= 11 is 1.49. The lowest BCUT2D eigenvalue weighted by molar-refractivity contribution is -0.113. The second kappa shape index (κ2) is 12.3. The number of hydrogen-bond acceptors (Lipinski definition) is 5. The number of allylic oxidation sites excluding steroid dienone is 1. The summed E-state index contributed by atoms with van der Waals surface area (Å²) < 4.78 is 5.20. The Labute approximate surface area is 218 Å². The van der Waals surface area contributed by atoms with E-state index < -0.39 is 5.91 Å². The summed E-state index contributed by atoms with van der Waals surface area (Å²) in [5.74, 6) is -0.329. The normalized spacial score (nSPS) is 11.2. The number of ketones is 1. The summed E-state index contributed by atoms with van der Waals surface area (Å²) in [5, 5.41) is 9.25. The molecule has 2 N–H and O–H groups in total. The third kappa shape index (κ3) is 7.13. The van der Waals surface area contributed by atoms with E-state index in [-0.39, 0.29) is 17.4 Å². The molecule has 0 spiro atoms. The highest BCUT2D eigenvalue weighted by molar-refractivity contribution is 7.08. The minimum absolute atomic E-state index is 0.105. The molecule has 0 bridgehead atoms. The largest absolute Gasteiger partial charge is 0.497 e. The van der Waals surface area contributed by atoms with Gasteiger partial charge in [-0.1, -0.05) is 36.4 Å². The second-order valence-corrected chi connectivity index (χ2v) is 8.72. The van der Waals surface area contributed by atoms with Gasteiger partial charge in [-0.3, -0.25) is 14.4 Å². The van der Waals surface area contributed by atoms with Crippen LogP contribution in [0.15, 0.2) is 107 Å². The molecular weight excluding hydrogens is 484 g/mol. The van der Waals surface area contributed by atoms with Crippen LogP contribution in [0.1, 0.15) is 31.8 Å². The third-order valence-corrected chi connectivity index (χ3v) is 6.03. The molecule has 0 aliphatic heterocycles. The van der Waals surface area contributed by atoms with Gasteiger partial charge in [0.15, 0.2) is 5.78 Å². The first kappa shape index (κ1) is 25.3. The molecule has 3 aromatic carbocycles. The van der Waals surface area contributed by atoms with Crippen molar-refractivity contribution in [2.45, 2.75) is 0 Å². The van der Waals surface area contributed by atoms with E-state index in [1.807, 2.05) is 47.2 Å². The maximum Gasteiger partial charge on any atom is 0.272 e. The molecule has 37 heavy (non-hydrogen) atoms. The summed E-state index contributed by atoms with van der Waals surface area (Å²) in [6.45, 7) is 0. The average Bonchev–Trinajstić information content (AvgIpc) is 3.45. The van der Waals surface area contributed by atoms with E-state index in [1.54, 1.807) is 67.8 Å². The first-order chi connectivity index (χ1) is 18.0. The standard InChI is InChI=1S/C30H24N2O4S/c1-36-26-9-5-6-21(18-26)10-15-28(33)23-11-13-25(14-12-23)31-30(35)27(19-22-16-17-37-20-22)32-29(34)24-7-3-2-4-8-24/h2-20H,1H3,(H,31,35)(H,32,34)/b15-10+,27-19-. The summed E-state index contributed by atoms with van der Waals surface area (Å²) in [6.07, 6.45) is 4.83. The predicted molar refractivity (Wildman–Crippen MR) is 148 cm³/mol. The Balaban J connectivity index is 1.45. The van der Waals surface area contributed by atoms with Crippen LogP contribution in [-0.2, 0) is 4.79 Å². The van der Waals surface area contributed by atoms with Gasteiger partial charge in [0.2, 0.25) is 0 Å². The first-order valence-corrected chi connectivity index (χ1v) is 12.3. The van der Waals surface area contributed by atoms with Gasteiger partial charge in [-0.25, -0.2) is 0 Å². The maximum absolute atomic E-state index is 13.1. The van der Waals surface area contributed by atoms with Crippen LogP contribution in [0.5, 0.6) is 5.75 Å². The number of benzene rings is 3. The molecule has 0 saturated carbocycles. The van der Waals surface area contributed by atoms with Gasteiger partial charge in [0.05, 0.1) is 7.11 Å². The van der Waals surface area contributed by atoms with Crippen molar-refractivity contribution in [1.29, 1.82) is 0 Å². The quantitative estimate of drug-likeness (QED) is 0.213. The van der Waals surface area contributed by atoms with E-state index in [1.165, 1.54) is 17.4 Å². The Kier molecular flexibility index (Phi) is 8.41. The van der Waals surface area contributed by atoms with E-state index in [4.69, 9.17) is 4.74 Å². The predicted octanol–water partition coefficient (Wildman–Crippen LogP) is 6.06. The zero-order chi connectivity index (χ0) is 26.0. The topological polar surface area (TPSA) is 84.5 Å². The second-order valence-electron chi connectivity index (χ2n) is 7.94. The summed E-state index contributed by atoms with van der Waals surface area (Å²) in [5.41, 5.74) is 3.16. The van der Waals surface area contributed by atoms with E-state index in [9.17, 15) is 14.4 Å². The monoisotopic (exact) mass is 508 g/mol. The number of carbonyl (C=O) groups is 3. The smallest absolute Gasteiger partial charge is 0.272 e. The molecule has 1 aromatic heterocycles. The van der Waals surface area contributed by atoms with Crippen LogP contribution in [0.3, 0.4) is 0 Å². The zero-order valence-corrected chi connectivity index (χ0v) is 20.8.